The van der Waals surface area contributed by atoms with E-state index < -0.39 is 17.8 Å². The number of carboxylic acid groups (broad SMARTS) is 1. The van der Waals surface area contributed by atoms with Gasteiger partial charge in [0.2, 0.25) is 0 Å². The number of amides is 2. The summed E-state index contributed by atoms with van der Waals surface area (Å²) in [6.45, 7) is 0. The van der Waals surface area contributed by atoms with Crippen LogP contribution >= 0.6 is 22.6 Å². The number of carboxylic acids is 1. The number of phenols is 1. The van der Waals surface area contributed by atoms with Crippen molar-refractivity contribution in [1.29, 1.82) is 5.26 Å². The van der Waals surface area contributed by atoms with Gasteiger partial charge in [0.25, 0.3) is 0 Å². The molecule has 0 bridgehead atoms. The molecular formula is C31H21IN4O5. The zero-order valence-electron chi connectivity index (χ0n) is 21.5. The number of carbonyl (C=O) groups is 3. The predicted molar refractivity (Wildman–Crippen MR) is 164 cm³/mol. The molecule has 1 aromatic heterocycles. The number of aromatic carboxylic acids is 1. The van der Waals surface area contributed by atoms with Gasteiger partial charge in [-0.1, -0.05) is 36.4 Å². The molecule has 0 saturated carbocycles. The molecular weight excluding hydrogens is 635 g/mol. The second kappa shape index (κ2) is 11.1. The fourth-order valence-electron chi connectivity index (χ4n) is 4.55. The van der Waals surface area contributed by atoms with Crippen molar-refractivity contribution in [2.45, 2.75) is 0 Å². The van der Waals surface area contributed by atoms with E-state index in [-0.39, 0.29) is 11.3 Å². The molecule has 0 aliphatic carbocycles. The number of hydrogen-bond acceptors (Lipinski definition) is 5. The molecule has 2 amide bonds. The summed E-state index contributed by atoms with van der Waals surface area (Å²) in [5.74, 6) is -3.26. The molecule has 4 aromatic carbocycles. The van der Waals surface area contributed by atoms with E-state index in [1.165, 1.54) is 12.1 Å². The van der Waals surface area contributed by atoms with Crippen LogP contribution in [0.1, 0.15) is 15.9 Å². The number of nitrogens with zero attached hydrogens (tertiary/aromatic N) is 2. The van der Waals surface area contributed by atoms with Crippen LogP contribution in [0.4, 0.5) is 11.4 Å². The number of benzene rings is 4. The van der Waals surface area contributed by atoms with Gasteiger partial charge >= 0.3 is 17.8 Å². The number of aromatic nitrogens is 1. The van der Waals surface area contributed by atoms with Crippen LogP contribution < -0.4 is 10.6 Å². The van der Waals surface area contributed by atoms with E-state index in [9.17, 15) is 24.6 Å². The van der Waals surface area contributed by atoms with Gasteiger partial charge in [-0.05, 0) is 76.2 Å². The van der Waals surface area contributed by atoms with Crippen molar-refractivity contribution in [1.82, 2.24) is 4.57 Å². The van der Waals surface area contributed by atoms with Crippen LogP contribution in [0.2, 0.25) is 0 Å². The molecule has 41 heavy (non-hydrogen) atoms. The summed E-state index contributed by atoms with van der Waals surface area (Å²) in [6, 6.07) is 25.9. The van der Waals surface area contributed by atoms with Gasteiger partial charge in [-0.15, -0.1) is 0 Å². The summed E-state index contributed by atoms with van der Waals surface area (Å²) < 4.78 is 2.60. The number of anilines is 2. The van der Waals surface area contributed by atoms with E-state index in [1.54, 1.807) is 55.6 Å². The third kappa shape index (κ3) is 5.48. The Hall–Kier alpha value is -5.15. The van der Waals surface area contributed by atoms with Crippen LogP contribution in [0.25, 0.3) is 33.3 Å². The Morgan fingerprint density at radius 2 is 1.41 bits per heavy atom. The smallest absolute Gasteiger partial charge is 0.339 e. The molecule has 5 aromatic rings. The van der Waals surface area contributed by atoms with Crippen molar-refractivity contribution in [3.8, 4) is 34.2 Å². The number of halogens is 1. The van der Waals surface area contributed by atoms with E-state index in [1.807, 2.05) is 28.8 Å². The van der Waals surface area contributed by atoms with Crippen molar-refractivity contribution < 1.29 is 24.6 Å². The summed E-state index contributed by atoms with van der Waals surface area (Å²) in [7, 11) is 1.80. The first-order valence-electron chi connectivity index (χ1n) is 12.2. The number of aromatic hydroxyl groups is 1. The van der Waals surface area contributed by atoms with Crippen LogP contribution in [0.3, 0.4) is 0 Å². The maximum Gasteiger partial charge on any atom is 0.339 e. The number of nitriles is 1. The van der Waals surface area contributed by atoms with E-state index in [4.69, 9.17) is 5.26 Å². The third-order valence-electron chi connectivity index (χ3n) is 6.55. The van der Waals surface area contributed by atoms with Gasteiger partial charge in [0.1, 0.15) is 11.3 Å². The molecule has 0 atom stereocenters. The largest absolute Gasteiger partial charge is 0.507 e. The van der Waals surface area contributed by atoms with Crippen molar-refractivity contribution in [3.05, 3.63) is 99.6 Å². The Bertz CT molecular complexity index is 1910. The highest BCUT2D eigenvalue weighted by atomic mass is 127. The molecule has 0 aliphatic heterocycles. The second-order valence-corrected chi connectivity index (χ2v) is 10.3. The zero-order valence-corrected chi connectivity index (χ0v) is 23.6. The van der Waals surface area contributed by atoms with Crippen LogP contribution in [0, 0.1) is 14.9 Å². The fourth-order valence-corrected chi connectivity index (χ4v) is 5.66. The molecule has 0 radical (unpaired) electrons. The highest BCUT2D eigenvalue weighted by molar-refractivity contribution is 14.1. The molecule has 9 nitrogen and oxygen atoms in total. The summed E-state index contributed by atoms with van der Waals surface area (Å²) in [5.41, 5.74) is 4.97. The van der Waals surface area contributed by atoms with Gasteiger partial charge in [-0.25, -0.2) is 4.79 Å². The van der Waals surface area contributed by atoms with Crippen molar-refractivity contribution in [2.24, 2.45) is 7.05 Å². The maximum atomic E-state index is 12.8. The lowest BCUT2D eigenvalue weighted by atomic mass is 10.0. The number of hydrogen-bond donors (Lipinski definition) is 4. The van der Waals surface area contributed by atoms with E-state index in [0.717, 1.165) is 26.0 Å². The monoisotopic (exact) mass is 656 g/mol. The fraction of sp³-hybridized carbons (Fsp3) is 0.0323. The summed E-state index contributed by atoms with van der Waals surface area (Å²) in [5, 5.41) is 34.5. The predicted octanol–water partition coefficient (Wildman–Crippen LogP) is 5.97. The van der Waals surface area contributed by atoms with Crippen LogP contribution in [0.5, 0.6) is 5.75 Å². The third-order valence-corrected chi connectivity index (χ3v) is 7.65. The molecule has 4 N–H and O–H groups in total. The average Bonchev–Trinajstić information content (AvgIpc) is 3.21. The van der Waals surface area contributed by atoms with Crippen LogP contribution in [-0.2, 0) is 16.6 Å². The average molecular weight is 656 g/mol. The number of fused-ring (bicyclic) bond motifs is 1. The Kier molecular flexibility index (Phi) is 7.45. The lowest BCUT2D eigenvalue weighted by molar-refractivity contribution is -0.132. The van der Waals surface area contributed by atoms with Gasteiger partial charge in [-0.2, -0.15) is 5.26 Å². The zero-order chi connectivity index (χ0) is 29.3. The first-order chi connectivity index (χ1) is 19.7. The van der Waals surface area contributed by atoms with Crippen molar-refractivity contribution >= 4 is 62.7 Å². The summed E-state index contributed by atoms with van der Waals surface area (Å²) in [4.78, 5) is 37.0. The molecule has 0 saturated heterocycles. The Morgan fingerprint density at radius 3 is 2.00 bits per heavy atom. The highest BCUT2D eigenvalue weighted by Crippen LogP contribution is 2.37. The van der Waals surface area contributed by atoms with Crippen molar-refractivity contribution in [3.63, 3.8) is 0 Å². The Balaban J connectivity index is 1.35. The number of rotatable bonds is 5. The normalized spacial score (nSPS) is 10.7. The topological polar surface area (TPSA) is 144 Å². The molecule has 5 rings (SSSR count). The first-order valence-corrected chi connectivity index (χ1v) is 13.3. The minimum Gasteiger partial charge on any atom is -0.507 e. The quantitative estimate of drug-likeness (QED) is 0.136. The standard InChI is InChI=1S/C31H21IN4O5/c1-36-25-15-26(37)24(31(40)41)14-23(25)27(32)28(36)20-5-3-7-22(13-20)35-30(39)29(38)34-21-6-2-4-19(12-21)18-10-8-17(16-33)9-11-18/h2-15,37H,1H3,(H,34,38)(H,35,39)(H,40,41). The number of nitrogens with one attached hydrogen (secondary N) is 2. The molecule has 0 fully saturated rings. The highest BCUT2D eigenvalue weighted by Gasteiger charge is 2.20. The molecule has 0 aliphatic rings. The molecule has 0 unspecified atom stereocenters. The minimum absolute atomic E-state index is 0.193. The van der Waals surface area contributed by atoms with Gasteiger partial charge in [-0.3, -0.25) is 9.59 Å². The lowest BCUT2D eigenvalue weighted by Gasteiger charge is -2.10. The van der Waals surface area contributed by atoms with Gasteiger partial charge in [0, 0.05) is 39.0 Å². The lowest BCUT2D eigenvalue weighted by Crippen LogP contribution is -2.29. The van der Waals surface area contributed by atoms with Crippen LogP contribution in [-0.4, -0.2) is 32.6 Å². The SMILES string of the molecule is Cn1c(-c2cccc(NC(=O)C(=O)Nc3cccc(-c4ccc(C#N)cc4)c3)c2)c(I)c2cc(C(=O)O)c(O)cc21. The van der Waals surface area contributed by atoms with Gasteiger partial charge in [0.15, 0.2) is 0 Å². The van der Waals surface area contributed by atoms with Crippen molar-refractivity contribution in [2.75, 3.05) is 10.6 Å². The number of carbonyl (C=O) groups excluding carboxylic acids is 2. The molecule has 10 heteroatoms. The molecule has 1 heterocycles. The Labute approximate surface area is 247 Å². The summed E-state index contributed by atoms with van der Waals surface area (Å²) >= 11 is 2.12. The van der Waals surface area contributed by atoms with Crippen LogP contribution in [0.15, 0.2) is 84.9 Å². The second-order valence-electron chi connectivity index (χ2n) is 9.17. The molecule has 202 valence electrons. The van der Waals surface area contributed by atoms with E-state index >= 15 is 0 Å². The Morgan fingerprint density at radius 1 is 0.829 bits per heavy atom. The summed E-state index contributed by atoms with van der Waals surface area (Å²) in [6.07, 6.45) is 0. The van der Waals surface area contributed by atoms with E-state index in [0.29, 0.717) is 27.8 Å². The minimum atomic E-state index is -1.23. The van der Waals surface area contributed by atoms with Gasteiger partial charge < -0.3 is 25.4 Å². The maximum absolute atomic E-state index is 12.8. The van der Waals surface area contributed by atoms with Gasteiger partial charge in [0.05, 0.1) is 22.8 Å². The first kappa shape index (κ1) is 27.4. The molecule has 0 spiro atoms. The number of aryl methyl sites for hydroxylation is 1. The van der Waals surface area contributed by atoms with E-state index in [2.05, 4.69) is 39.3 Å².